The van der Waals surface area contributed by atoms with Crippen molar-refractivity contribution in [3.63, 3.8) is 0 Å². The molecule has 0 radical (unpaired) electrons. The van der Waals surface area contributed by atoms with Crippen LogP contribution in [-0.2, 0) is 9.53 Å². The van der Waals surface area contributed by atoms with Gasteiger partial charge in [0, 0.05) is 24.7 Å². The Bertz CT molecular complexity index is 264. The summed E-state index contributed by atoms with van der Waals surface area (Å²) < 4.78 is 5.48. The Morgan fingerprint density at radius 2 is 2.18 bits per heavy atom. The van der Waals surface area contributed by atoms with Crippen LogP contribution >= 0.6 is 0 Å². The van der Waals surface area contributed by atoms with E-state index in [4.69, 9.17) is 4.74 Å². The third kappa shape index (κ3) is 3.68. The number of nitrogens with one attached hydrogen (secondary N) is 2. The highest BCUT2D eigenvalue weighted by molar-refractivity contribution is 5.76. The quantitative estimate of drug-likeness (QED) is 0.779. The second kappa shape index (κ2) is 5.83. The van der Waals surface area contributed by atoms with Crippen molar-refractivity contribution in [1.29, 1.82) is 0 Å². The maximum Gasteiger partial charge on any atom is 0.222 e. The van der Waals surface area contributed by atoms with Crippen molar-refractivity contribution < 1.29 is 9.53 Å². The van der Waals surface area contributed by atoms with E-state index in [1.807, 2.05) is 0 Å². The SMILES string of the molecule is CC1CCC(NC(=O)CC2CCCO2)C(C)N1. The van der Waals surface area contributed by atoms with Crippen molar-refractivity contribution in [2.75, 3.05) is 6.61 Å². The largest absolute Gasteiger partial charge is 0.378 e. The fourth-order valence-corrected chi connectivity index (χ4v) is 2.80. The second-order valence-corrected chi connectivity index (χ2v) is 5.45. The third-order valence-electron chi connectivity index (χ3n) is 3.85. The zero-order valence-corrected chi connectivity index (χ0v) is 10.9. The van der Waals surface area contributed by atoms with Gasteiger partial charge in [0.2, 0.25) is 5.91 Å². The van der Waals surface area contributed by atoms with E-state index in [0.717, 1.165) is 32.3 Å². The molecular weight excluding hydrogens is 216 g/mol. The molecule has 2 aliphatic rings. The second-order valence-electron chi connectivity index (χ2n) is 5.45. The van der Waals surface area contributed by atoms with Crippen molar-refractivity contribution >= 4 is 5.91 Å². The third-order valence-corrected chi connectivity index (χ3v) is 3.85. The van der Waals surface area contributed by atoms with Crippen LogP contribution in [0.5, 0.6) is 0 Å². The molecule has 4 nitrogen and oxygen atoms in total. The Labute approximate surface area is 103 Å². The Morgan fingerprint density at radius 3 is 2.82 bits per heavy atom. The highest BCUT2D eigenvalue weighted by Gasteiger charge is 2.27. The molecule has 2 heterocycles. The van der Waals surface area contributed by atoms with E-state index in [-0.39, 0.29) is 18.1 Å². The highest BCUT2D eigenvalue weighted by Crippen LogP contribution is 2.17. The number of amides is 1. The van der Waals surface area contributed by atoms with Gasteiger partial charge in [0.1, 0.15) is 0 Å². The standard InChI is InChI=1S/C13H24N2O2/c1-9-5-6-12(10(2)14-9)15-13(16)8-11-4-3-7-17-11/h9-12,14H,3-8H2,1-2H3,(H,15,16). The van der Waals surface area contributed by atoms with E-state index in [2.05, 4.69) is 24.5 Å². The lowest BCUT2D eigenvalue weighted by molar-refractivity contribution is -0.124. The van der Waals surface area contributed by atoms with Gasteiger partial charge in [-0.3, -0.25) is 4.79 Å². The summed E-state index contributed by atoms with van der Waals surface area (Å²) >= 11 is 0. The molecule has 0 spiro atoms. The van der Waals surface area contributed by atoms with Crippen LogP contribution in [0.15, 0.2) is 0 Å². The minimum Gasteiger partial charge on any atom is -0.378 e. The van der Waals surface area contributed by atoms with Crippen LogP contribution in [0.2, 0.25) is 0 Å². The van der Waals surface area contributed by atoms with Crippen LogP contribution in [0.1, 0.15) is 46.0 Å². The van der Waals surface area contributed by atoms with Gasteiger partial charge in [0.25, 0.3) is 0 Å². The molecule has 2 fully saturated rings. The number of ether oxygens (including phenoxy) is 1. The summed E-state index contributed by atoms with van der Waals surface area (Å²) in [4.78, 5) is 11.9. The van der Waals surface area contributed by atoms with Gasteiger partial charge >= 0.3 is 0 Å². The average molecular weight is 240 g/mol. The van der Waals surface area contributed by atoms with E-state index >= 15 is 0 Å². The Morgan fingerprint density at radius 1 is 1.35 bits per heavy atom. The first-order valence-corrected chi connectivity index (χ1v) is 6.82. The lowest BCUT2D eigenvalue weighted by atomic mass is 9.95. The van der Waals surface area contributed by atoms with Crippen LogP contribution in [0.4, 0.5) is 0 Å². The number of carbonyl (C=O) groups excluding carboxylic acids is 1. The van der Waals surface area contributed by atoms with Gasteiger partial charge in [0.15, 0.2) is 0 Å². The van der Waals surface area contributed by atoms with E-state index in [1.54, 1.807) is 0 Å². The molecule has 0 aromatic carbocycles. The summed E-state index contributed by atoms with van der Waals surface area (Å²) in [6.45, 7) is 5.16. The summed E-state index contributed by atoms with van der Waals surface area (Å²) in [5, 5.41) is 6.62. The fraction of sp³-hybridized carbons (Fsp3) is 0.923. The molecule has 98 valence electrons. The first-order chi connectivity index (χ1) is 8.15. The number of hydrogen-bond donors (Lipinski definition) is 2. The number of hydrogen-bond acceptors (Lipinski definition) is 3. The van der Waals surface area contributed by atoms with Crippen molar-refractivity contribution in [2.45, 2.75) is 70.2 Å². The summed E-state index contributed by atoms with van der Waals surface area (Å²) in [7, 11) is 0. The minimum atomic E-state index is 0.144. The topological polar surface area (TPSA) is 50.4 Å². The number of piperidine rings is 1. The predicted octanol–water partition coefficient (Wildman–Crippen LogP) is 1.20. The first kappa shape index (κ1) is 12.8. The van der Waals surface area contributed by atoms with Gasteiger partial charge in [-0.25, -0.2) is 0 Å². The Balaban J connectivity index is 1.73. The average Bonchev–Trinajstić information content (AvgIpc) is 2.75. The molecule has 4 atom stereocenters. The van der Waals surface area contributed by atoms with Crippen LogP contribution < -0.4 is 10.6 Å². The summed E-state index contributed by atoms with van der Waals surface area (Å²) in [5.74, 6) is 0.144. The molecule has 0 saturated carbocycles. The molecule has 0 aromatic heterocycles. The van der Waals surface area contributed by atoms with Crippen LogP contribution in [0, 0.1) is 0 Å². The summed E-state index contributed by atoms with van der Waals surface area (Å²) in [5.41, 5.74) is 0. The predicted molar refractivity (Wildman–Crippen MR) is 66.8 cm³/mol. The van der Waals surface area contributed by atoms with E-state index in [0.29, 0.717) is 18.5 Å². The molecule has 4 unspecified atom stereocenters. The van der Waals surface area contributed by atoms with Gasteiger partial charge in [0.05, 0.1) is 12.5 Å². The lowest BCUT2D eigenvalue weighted by Crippen LogP contribution is -2.55. The summed E-state index contributed by atoms with van der Waals surface area (Å²) in [6.07, 6.45) is 5.01. The highest BCUT2D eigenvalue weighted by atomic mass is 16.5. The molecule has 4 heteroatoms. The van der Waals surface area contributed by atoms with Crippen molar-refractivity contribution in [2.24, 2.45) is 0 Å². The van der Waals surface area contributed by atoms with E-state index in [1.165, 1.54) is 0 Å². The minimum absolute atomic E-state index is 0.144. The van der Waals surface area contributed by atoms with E-state index < -0.39 is 0 Å². The molecule has 2 saturated heterocycles. The lowest BCUT2D eigenvalue weighted by Gasteiger charge is -2.34. The van der Waals surface area contributed by atoms with E-state index in [9.17, 15) is 4.79 Å². The van der Waals surface area contributed by atoms with Crippen LogP contribution in [0.25, 0.3) is 0 Å². The molecule has 0 aliphatic carbocycles. The van der Waals surface area contributed by atoms with Crippen LogP contribution in [-0.4, -0.2) is 36.7 Å². The van der Waals surface area contributed by atoms with Crippen molar-refractivity contribution in [3.05, 3.63) is 0 Å². The normalized spacial score (nSPS) is 38.0. The first-order valence-electron chi connectivity index (χ1n) is 6.82. The Hall–Kier alpha value is -0.610. The smallest absolute Gasteiger partial charge is 0.222 e. The summed E-state index contributed by atoms with van der Waals surface area (Å²) in [6, 6.07) is 1.21. The monoisotopic (exact) mass is 240 g/mol. The van der Waals surface area contributed by atoms with Gasteiger partial charge in [-0.1, -0.05) is 0 Å². The van der Waals surface area contributed by atoms with Gasteiger partial charge in [-0.2, -0.15) is 0 Å². The van der Waals surface area contributed by atoms with Crippen LogP contribution in [0.3, 0.4) is 0 Å². The van der Waals surface area contributed by atoms with Gasteiger partial charge in [-0.05, 0) is 39.5 Å². The zero-order chi connectivity index (χ0) is 12.3. The fourth-order valence-electron chi connectivity index (χ4n) is 2.80. The molecule has 17 heavy (non-hydrogen) atoms. The van der Waals surface area contributed by atoms with Gasteiger partial charge in [-0.15, -0.1) is 0 Å². The molecule has 1 amide bonds. The molecule has 0 aromatic rings. The molecule has 2 aliphatic heterocycles. The molecule has 2 N–H and O–H groups in total. The zero-order valence-electron chi connectivity index (χ0n) is 10.9. The maximum absolute atomic E-state index is 11.9. The molecule has 0 bridgehead atoms. The van der Waals surface area contributed by atoms with Gasteiger partial charge < -0.3 is 15.4 Å². The molecule has 2 rings (SSSR count). The van der Waals surface area contributed by atoms with Crippen molar-refractivity contribution in [1.82, 2.24) is 10.6 Å². The number of rotatable bonds is 3. The number of carbonyl (C=O) groups is 1. The maximum atomic E-state index is 11.9. The Kier molecular flexibility index (Phi) is 4.40. The molecular formula is C13H24N2O2. The van der Waals surface area contributed by atoms with Crippen molar-refractivity contribution in [3.8, 4) is 0 Å².